The van der Waals surface area contributed by atoms with E-state index < -0.39 is 0 Å². The first-order valence-electron chi connectivity index (χ1n) is 5.87. The molecule has 0 saturated heterocycles. The zero-order chi connectivity index (χ0) is 13.4. The Hall–Kier alpha value is -1.68. The highest BCUT2D eigenvalue weighted by Crippen LogP contribution is 2.34. The van der Waals surface area contributed by atoms with E-state index in [-0.39, 0.29) is 0 Å². The van der Waals surface area contributed by atoms with Crippen LogP contribution >= 0.6 is 0 Å². The smallest absolute Gasteiger partial charge is 0.164 e. The Kier molecular flexibility index (Phi) is 6.08. The van der Waals surface area contributed by atoms with Gasteiger partial charge in [0.1, 0.15) is 5.75 Å². The molecule has 0 aliphatic heterocycles. The van der Waals surface area contributed by atoms with E-state index in [4.69, 9.17) is 14.2 Å². The molecule has 1 aromatic carbocycles. The van der Waals surface area contributed by atoms with Crippen LogP contribution in [0.2, 0.25) is 0 Å². The van der Waals surface area contributed by atoms with Crippen molar-refractivity contribution in [1.29, 1.82) is 0 Å². The van der Waals surface area contributed by atoms with Gasteiger partial charge in [0, 0.05) is 18.2 Å². The second-order valence-electron chi connectivity index (χ2n) is 3.77. The quantitative estimate of drug-likeness (QED) is 0.569. The van der Waals surface area contributed by atoms with Crippen LogP contribution in [0, 0.1) is 0 Å². The molecule has 1 aromatic rings. The highest BCUT2D eigenvalue weighted by atomic mass is 16.5. The molecule has 100 valence electrons. The van der Waals surface area contributed by atoms with Crippen LogP contribution in [0.1, 0.15) is 12.0 Å². The molecule has 0 radical (unpaired) electrons. The molecular weight excluding hydrogens is 230 g/mol. The Morgan fingerprint density at radius 1 is 1.06 bits per heavy atom. The van der Waals surface area contributed by atoms with Gasteiger partial charge < -0.3 is 19.5 Å². The summed E-state index contributed by atoms with van der Waals surface area (Å²) < 4.78 is 15.9. The van der Waals surface area contributed by atoms with Gasteiger partial charge in [-0.1, -0.05) is 6.08 Å². The van der Waals surface area contributed by atoms with Gasteiger partial charge in [-0.3, -0.25) is 0 Å². The average molecular weight is 251 g/mol. The van der Waals surface area contributed by atoms with Crippen molar-refractivity contribution in [2.45, 2.75) is 13.0 Å². The molecule has 0 aliphatic carbocycles. The lowest BCUT2D eigenvalue weighted by atomic mass is 10.1. The number of hydrogen-bond acceptors (Lipinski definition) is 4. The van der Waals surface area contributed by atoms with Crippen LogP contribution in [0.3, 0.4) is 0 Å². The first-order chi connectivity index (χ1) is 8.76. The van der Waals surface area contributed by atoms with Crippen LogP contribution in [0.25, 0.3) is 0 Å². The number of hydrogen-bond donors (Lipinski definition) is 1. The molecule has 0 atom stereocenters. The van der Waals surface area contributed by atoms with Gasteiger partial charge >= 0.3 is 0 Å². The highest BCUT2D eigenvalue weighted by Gasteiger charge is 2.11. The van der Waals surface area contributed by atoms with Gasteiger partial charge in [0.2, 0.25) is 0 Å². The minimum absolute atomic E-state index is 0.671. The lowest BCUT2D eigenvalue weighted by Gasteiger charge is -2.14. The fourth-order valence-corrected chi connectivity index (χ4v) is 1.66. The minimum atomic E-state index is 0.671. The first kappa shape index (κ1) is 14.4. The number of benzene rings is 1. The predicted octanol–water partition coefficient (Wildman–Crippen LogP) is 2.38. The summed E-state index contributed by atoms with van der Waals surface area (Å²) >= 11 is 0. The summed E-state index contributed by atoms with van der Waals surface area (Å²) in [6, 6.07) is 3.77. The fraction of sp³-hybridized carbons (Fsp3) is 0.429. The van der Waals surface area contributed by atoms with Crippen LogP contribution in [-0.2, 0) is 6.54 Å². The normalized spacial score (nSPS) is 9.94. The van der Waals surface area contributed by atoms with Gasteiger partial charge in [0.25, 0.3) is 0 Å². The molecule has 0 fully saturated rings. The molecule has 1 rings (SSSR count). The van der Waals surface area contributed by atoms with E-state index in [2.05, 4.69) is 11.9 Å². The SMILES string of the molecule is C=CCCNCc1cc(OC)c(OC)cc1OC. The molecule has 0 unspecified atom stereocenters. The Labute approximate surface area is 109 Å². The summed E-state index contributed by atoms with van der Waals surface area (Å²) in [6.45, 7) is 5.30. The summed E-state index contributed by atoms with van der Waals surface area (Å²) in [5.74, 6) is 2.17. The third-order valence-corrected chi connectivity index (χ3v) is 2.63. The van der Waals surface area contributed by atoms with Crippen LogP contribution < -0.4 is 19.5 Å². The molecule has 0 saturated carbocycles. The molecule has 0 bridgehead atoms. The Balaban J connectivity index is 2.84. The third kappa shape index (κ3) is 3.67. The van der Waals surface area contributed by atoms with E-state index in [1.165, 1.54) is 0 Å². The molecule has 0 amide bonds. The first-order valence-corrected chi connectivity index (χ1v) is 5.87. The van der Waals surface area contributed by atoms with Crippen molar-refractivity contribution in [2.24, 2.45) is 0 Å². The fourth-order valence-electron chi connectivity index (χ4n) is 1.66. The van der Waals surface area contributed by atoms with Crippen molar-refractivity contribution in [3.8, 4) is 17.2 Å². The summed E-state index contributed by atoms with van der Waals surface area (Å²) in [5, 5.41) is 3.32. The van der Waals surface area contributed by atoms with Gasteiger partial charge in [-0.2, -0.15) is 0 Å². The molecule has 1 N–H and O–H groups in total. The number of ether oxygens (including phenoxy) is 3. The molecule has 0 aromatic heterocycles. The van der Waals surface area contributed by atoms with E-state index in [1.54, 1.807) is 21.3 Å². The highest BCUT2D eigenvalue weighted by molar-refractivity contribution is 5.50. The number of rotatable bonds is 8. The molecule has 18 heavy (non-hydrogen) atoms. The maximum atomic E-state index is 5.35. The topological polar surface area (TPSA) is 39.7 Å². The Morgan fingerprint density at radius 2 is 1.67 bits per heavy atom. The summed E-state index contributed by atoms with van der Waals surface area (Å²) in [5.41, 5.74) is 1.04. The summed E-state index contributed by atoms with van der Waals surface area (Å²) in [6.07, 6.45) is 2.83. The van der Waals surface area contributed by atoms with E-state index in [1.807, 2.05) is 18.2 Å². The summed E-state index contributed by atoms with van der Waals surface area (Å²) in [4.78, 5) is 0. The van der Waals surface area contributed by atoms with E-state index in [0.29, 0.717) is 11.5 Å². The van der Waals surface area contributed by atoms with Crippen LogP contribution in [0.15, 0.2) is 24.8 Å². The van der Waals surface area contributed by atoms with Crippen molar-refractivity contribution < 1.29 is 14.2 Å². The van der Waals surface area contributed by atoms with Crippen LogP contribution in [0.5, 0.6) is 17.2 Å². The number of methoxy groups -OCH3 is 3. The van der Waals surface area contributed by atoms with E-state index >= 15 is 0 Å². The van der Waals surface area contributed by atoms with Crippen LogP contribution in [-0.4, -0.2) is 27.9 Å². The van der Waals surface area contributed by atoms with Crippen molar-refractivity contribution in [3.05, 3.63) is 30.4 Å². The Morgan fingerprint density at radius 3 is 2.22 bits per heavy atom. The standard InChI is InChI=1S/C14H21NO3/c1-5-6-7-15-10-11-8-13(17-3)14(18-4)9-12(11)16-2/h5,8-9,15H,1,6-7,10H2,2-4H3. The zero-order valence-electron chi connectivity index (χ0n) is 11.3. The zero-order valence-corrected chi connectivity index (χ0v) is 11.3. The van der Waals surface area contributed by atoms with E-state index in [9.17, 15) is 0 Å². The third-order valence-electron chi connectivity index (χ3n) is 2.63. The Bertz CT molecular complexity index is 391. The van der Waals surface area contributed by atoms with Gasteiger partial charge in [0.15, 0.2) is 11.5 Å². The predicted molar refractivity (Wildman–Crippen MR) is 72.6 cm³/mol. The second-order valence-corrected chi connectivity index (χ2v) is 3.77. The molecule has 4 heteroatoms. The minimum Gasteiger partial charge on any atom is -0.496 e. The summed E-state index contributed by atoms with van der Waals surface area (Å²) in [7, 11) is 4.88. The van der Waals surface area contributed by atoms with Crippen LogP contribution in [0.4, 0.5) is 0 Å². The molecule has 0 aliphatic rings. The van der Waals surface area contributed by atoms with Gasteiger partial charge in [-0.25, -0.2) is 0 Å². The monoisotopic (exact) mass is 251 g/mol. The molecular formula is C14H21NO3. The van der Waals surface area contributed by atoms with Gasteiger partial charge in [-0.15, -0.1) is 6.58 Å². The van der Waals surface area contributed by atoms with Gasteiger partial charge in [-0.05, 0) is 19.0 Å². The van der Waals surface area contributed by atoms with Crippen molar-refractivity contribution >= 4 is 0 Å². The lowest BCUT2D eigenvalue weighted by molar-refractivity contribution is 0.347. The molecule has 0 spiro atoms. The van der Waals surface area contributed by atoms with Crippen molar-refractivity contribution in [1.82, 2.24) is 5.32 Å². The molecule has 4 nitrogen and oxygen atoms in total. The van der Waals surface area contributed by atoms with Crippen molar-refractivity contribution in [2.75, 3.05) is 27.9 Å². The largest absolute Gasteiger partial charge is 0.496 e. The lowest BCUT2D eigenvalue weighted by Crippen LogP contribution is -2.14. The average Bonchev–Trinajstić information content (AvgIpc) is 2.42. The van der Waals surface area contributed by atoms with E-state index in [0.717, 1.165) is 30.8 Å². The van der Waals surface area contributed by atoms with Crippen molar-refractivity contribution in [3.63, 3.8) is 0 Å². The second kappa shape index (κ2) is 7.61. The maximum Gasteiger partial charge on any atom is 0.164 e. The number of nitrogens with one attached hydrogen (secondary N) is 1. The van der Waals surface area contributed by atoms with Gasteiger partial charge in [0.05, 0.1) is 21.3 Å². The molecule has 0 heterocycles. The maximum absolute atomic E-state index is 5.35.